The van der Waals surface area contributed by atoms with E-state index >= 15 is 0 Å². The van der Waals surface area contributed by atoms with Gasteiger partial charge in [-0.15, -0.1) is 21.5 Å². The van der Waals surface area contributed by atoms with Crippen molar-refractivity contribution in [1.29, 1.82) is 0 Å². The van der Waals surface area contributed by atoms with E-state index in [-0.39, 0.29) is 0 Å². The molecule has 0 atom stereocenters. The molecule has 6 nitrogen and oxygen atoms in total. The molecule has 7 heteroatoms. The Kier molecular flexibility index (Phi) is 7.06. The number of unbranched alkanes of at least 4 members (excludes halogenated alkanes) is 2. The van der Waals surface area contributed by atoms with E-state index in [0.29, 0.717) is 6.54 Å². The van der Waals surface area contributed by atoms with Crippen LogP contribution >= 0.6 is 11.3 Å². The molecule has 0 aliphatic heterocycles. The molecule has 0 aliphatic rings. The number of aryl methyl sites for hydroxylation is 1. The average molecular weight is 334 g/mol. The van der Waals surface area contributed by atoms with Gasteiger partial charge in [-0.3, -0.25) is 0 Å². The van der Waals surface area contributed by atoms with Crippen LogP contribution in [0.2, 0.25) is 0 Å². The van der Waals surface area contributed by atoms with Crippen molar-refractivity contribution in [2.75, 3.05) is 6.54 Å². The third-order valence-corrected chi connectivity index (χ3v) is 4.52. The SMILES string of the molecule is CCCCCNC(=NCc1nnc(C)n1C)NCc1cccs1. The number of aromatic nitrogens is 3. The monoisotopic (exact) mass is 334 g/mol. The van der Waals surface area contributed by atoms with Gasteiger partial charge in [-0.1, -0.05) is 25.8 Å². The standard InChI is InChI=1S/C16H26N6S/c1-4-5-6-9-17-16(18-11-14-8-7-10-23-14)19-12-15-21-20-13(2)22(15)3/h7-8,10H,4-6,9,11-12H2,1-3H3,(H2,17,18,19). The molecule has 0 bridgehead atoms. The molecule has 0 unspecified atom stereocenters. The Morgan fingerprint density at radius 3 is 2.83 bits per heavy atom. The van der Waals surface area contributed by atoms with Gasteiger partial charge >= 0.3 is 0 Å². The van der Waals surface area contributed by atoms with Gasteiger partial charge in [0, 0.05) is 18.5 Å². The molecule has 2 N–H and O–H groups in total. The van der Waals surface area contributed by atoms with Crippen molar-refractivity contribution in [3.05, 3.63) is 34.0 Å². The maximum Gasteiger partial charge on any atom is 0.192 e. The molecule has 0 aliphatic carbocycles. The van der Waals surface area contributed by atoms with Crippen LogP contribution in [-0.2, 0) is 20.1 Å². The molecule has 0 fully saturated rings. The zero-order chi connectivity index (χ0) is 16.5. The third kappa shape index (κ3) is 5.67. The predicted molar refractivity (Wildman–Crippen MR) is 95.6 cm³/mol. The highest BCUT2D eigenvalue weighted by atomic mass is 32.1. The van der Waals surface area contributed by atoms with E-state index in [1.54, 1.807) is 11.3 Å². The minimum absolute atomic E-state index is 0.519. The molecule has 2 heterocycles. The second kappa shape index (κ2) is 9.29. The van der Waals surface area contributed by atoms with Crippen molar-refractivity contribution >= 4 is 17.3 Å². The van der Waals surface area contributed by atoms with Crippen LogP contribution in [0.5, 0.6) is 0 Å². The number of aliphatic imine (C=N–C) groups is 1. The van der Waals surface area contributed by atoms with Crippen molar-refractivity contribution in [3.63, 3.8) is 0 Å². The maximum atomic E-state index is 4.64. The fourth-order valence-corrected chi connectivity index (χ4v) is 2.72. The van der Waals surface area contributed by atoms with Crippen LogP contribution < -0.4 is 10.6 Å². The Morgan fingerprint density at radius 1 is 1.30 bits per heavy atom. The lowest BCUT2D eigenvalue weighted by atomic mass is 10.2. The third-order valence-electron chi connectivity index (χ3n) is 3.64. The summed E-state index contributed by atoms with van der Waals surface area (Å²) in [5.74, 6) is 2.60. The number of guanidine groups is 1. The van der Waals surface area contributed by atoms with Crippen LogP contribution in [0.3, 0.4) is 0 Å². The fraction of sp³-hybridized carbons (Fsp3) is 0.562. The van der Waals surface area contributed by atoms with E-state index in [0.717, 1.165) is 37.1 Å². The van der Waals surface area contributed by atoms with Crippen molar-refractivity contribution < 1.29 is 0 Å². The van der Waals surface area contributed by atoms with Crippen molar-refractivity contribution in [1.82, 2.24) is 25.4 Å². The molecular formula is C16H26N6S. The largest absolute Gasteiger partial charge is 0.356 e. The zero-order valence-electron chi connectivity index (χ0n) is 14.2. The van der Waals surface area contributed by atoms with E-state index < -0.39 is 0 Å². The first kappa shape index (κ1) is 17.5. The normalized spacial score (nSPS) is 11.7. The Hall–Kier alpha value is -1.89. The summed E-state index contributed by atoms with van der Waals surface area (Å²) >= 11 is 1.75. The van der Waals surface area contributed by atoms with E-state index in [1.165, 1.54) is 17.7 Å². The molecule has 0 spiro atoms. The van der Waals surface area contributed by atoms with Gasteiger partial charge in [0.1, 0.15) is 12.4 Å². The summed E-state index contributed by atoms with van der Waals surface area (Å²) in [6.07, 6.45) is 3.60. The summed E-state index contributed by atoms with van der Waals surface area (Å²) in [6, 6.07) is 4.19. The molecular weight excluding hydrogens is 308 g/mol. The number of hydrogen-bond acceptors (Lipinski definition) is 4. The Labute approximate surface area is 142 Å². The van der Waals surface area contributed by atoms with Crippen molar-refractivity contribution in [2.45, 2.75) is 46.2 Å². The molecule has 2 aromatic rings. The first-order valence-corrected chi connectivity index (χ1v) is 8.98. The molecule has 0 saturated heterocycles. The topological polar surface area (TPSA) is 67.1 Å². The van der Waals surface area contributed by atoms with Gasteiger partial charge in [0.15, 0.2) is 11.8 Å². The fourth-order valence-electron chi connectivity index (χ4n) is 2.08. The first-order chi connectivity index (χ1) is 11.2. The van der Waals surface area contributed by atoms with Crippen LogP contribution in [0.15, 0.2) is 22.5 Å². The van der Waals surface area contributed by atoms with Crippen LogP contribution in [-0.4, -0.2) is 27.3 Å². The summed E-state index contributed by atoms with van der Waals surface area (Å²) < 4.78 is 1.97. The first-order valence-electron chi connectivity index (χ1n) is 8.10. The molecule has 0 aromatic carbocycles. The van der Waals surface area contributed by atoms with Gasteiger partial charge in [-0.2, -0.15) is 0 Å². The molecule has 2 aromatic heterocycles. The van der Waals surface area contributed by atoms with Gasteiger partial charge in [0.2, 0.25) is 0 Å². The molecule has 2 rings (SSSR count). The van der Waals surface area contributed by atoms with Gasteiger partial charge in [0.25, 0.3) is 0 Å². The second-order valence-electron chi connectivity index (χ2n) is 5.45. The highest BCUT2D eigenvalue weighted by Gasteiger charge is 2.05. The lowest BCUT2D eigenvalue weighted by molar-refractivity contribution is 0.679. The lowest BCUT2D eigenvalue weighted by Gasteiger charge is -2.12. The highest BCUT2D eigenvalue weighted by Crippen LogP contribution is 2.07. The Balaban J connectivity index is 1.93. The smallest absolute Gasteiger partial charge is 0.192 e. The lowest BCUT2D eigenvalue weighted by Crippen LogP contribution is -2.37. The van der Waals surface area contributed by atoms with E-state index in [1.807, 2.05) is 18.5 Å². The molecule has 126 valence electrons. The summed E-state index contributed by atoms with van der Waals surface area (Å²) in [7, 11) is 1.97. The summed E-state index contributed by atoms with van der Waals surface area (Å²) in [5.41, 5.74) is 0. The Morgan fingerprint density at radius 2 is 2.17 bits per heavy atom. The minimum Gasteiger partial charge on any atom is -0.356 e. The highest BCUT2D eigenvalue weighted by molar-refractivity contribution is 7.09. The van der Waals surface area contributed by atoms with E-state index in [2.05, 4.69) is 50.3 Å². The summed E-state index contributed by atoms with van der Waals surface area (Å²) in [5, 5.41) is 17.1. The number of rotatable bonds is 8. The molecule has 0 radical (unpaired) electrons. The van der Waals surface area contributed by atoms with Gasteiger partial charge < -0.3 is 15.2 Å². The zero-order valence-corrected chi connectivity index (χ0v) is 15.0. The van der Waals surface area contributed by atoms with Crippen LogP contribution in [0.1, 0.15) is 42.7 Å². The molecule has 0 saturated carbocycles. The van der Waals surface area contributed by atoms with Gasteiger partial charge in [-0.05, 0) is 24.8 Å². The number of hydrogen-bond donors (Lipinski definition) is 2. The van der Waals surface area contributed by atoms with Crippen LogP contribution in [0.4, 0.5) is 0 Å². The number of thiophene rings is 1. The molecule has 0 amide bonds. The van der Waals surface area contributed by atoms with E-state index in [4.69, 9.17) is 0 Å². The van der Waals surface area contributed by atoms with Crippen molar-refractivity contribution in [2.24, 2.45) is 12.0 Å². The predicted octanol–water partition coefficient (Wildman–Crippen LogP) is 2.61. The summed E-state index contributed by atoms with van der Waals surface area (Å²) in [6.45, 7) is 6.39. The Bertz CT molecular complexity index is 602. The maximum absolute atomic E-state index is 4.64. The van der Waals surface area contributed by atoms with E-state index in [9.17, 15) is 0 Å². The minimum atomic E-state index is 0.519. The number of nitrogens with one attached hydrogen (secondary N) is 2. The van der Waals surface area contributed by atoms with Crippen molar-refractivity contribution in [3.8, 4) is 0 Å². The average Bonchev–Trinajstić information content (AvgIpc) is 3.18. The number of nitrogens with zero attached hydrogens (tertiary/aromatic N) is 4. The quantitative estimate of drug-likeness (QED) is 0.442. The second-order valence-corrected chi connectivity index (χ2v) is 6.49. The van der Waals surface area contributed by atoms with Gasteiger partial charge in [-0.25, -0.2) is 4.99 Å². The van der Waals surface area contributed by atoms with Crippen LogP contribution in [0, 0.1) is 6.92 Å². The van der Waals surface area contributed by atoms with Crippen LogP contribution in [0.25, 0.3) is 0 Å². The molecule has 23 heavy (non-hydrogen) atoms. The van der Waals surface area contributed by atoms with Gasteiger partial charge in [0.05, 0.1) is 6.54 Å². The summed E-state index contributed by atoms with van der Waals surface area (Å²) in [4.78, 5) is 5.93.